The summed E-state index contributed by atoms with van der Waals surface area (Å²) in [5.74, 6) is 0.270. The lowest BCUT2D eigenvalue weighted by Crippen LogP contribution is -2.28. The standard InChI is InChI=1S/C27H27N3O6/c1-34-22-11-4-3-10-21(22)30-16-18(14-26(30)32)27(33)29-20-9-7-8-19(15-20)28-25(31)17-36-24-13-6-5-12-23(24)35-2/h3-13,15,18H,14,16-17H2,1-2H3,(H,28,31)(H,29,33). The molecule has 1 saturated heterocycles. The fourth-order valence-corrected chi connectivity index (χ4v) is 3.97. The fourth-order valence-electron chi connectivity index (χ4n) is 3.97. The number of rotatable bonds is 9. The lowest BCUT2D eigenvalue weighted by Gasteiger charge is -2.19. The average molecular weight is 490 g/mol. The van der Waals surface area contributed by atoms with E-state index >= 15 is 0 Å². The van der Waals surface area contributed by atoms with E-state index in [0.717, 1.165) is 0 Å². The highest BCUT2D eigenvalue weighted by Crippen LogP contribution is 2.33. The van der Waals surface area contributed by atoms with Crippen molar-refractivity contribution in [1.82, 2.24) is 0 Å². The number of ether oxygens (including phenoxy) is 3. The Labute approximate surface area is 209 Å². The minimum atomic E-state index is -0.519. The van der Waals surface area contributed by atoms with Crippen LogP contribution in [0.25, 0.3) is 0 Å². The van der Waals surface area contributed by atoms with E-state index in [1.807, 2.05) is 18.2 Å². The van der Waals surface area contributed by atoms with Crippen LogP contribution in [0.15, 0.2) is 72.8 Å². The van der Waals surface area contributed by atoms with Gasteiger partial charge in [0.1, 0.15) is 5.75 Å². The summed E-state index contributed by atoms with van der Waals surface area (Å²) < 4.78 is 16.1. The van der Waals surface area contributed by atoms with Gasteiger partial charge in [0.15, 0.2) is 18.1 Å². The number of carbonyl (C=O) groups excluding carboxylic acids is 3. The van der Waals surface area contributed by atoms with Gasteiger partial charge < -0.3 is 29.7 Å². The van der Waals surface area contributed by atoms with Crippen molar-refractivity contribution >= 4 is 34.8 Å². The van der Waals surface area contributed by atoms with E-state index in [-0.39, 0.29) is 37.3 Å². The first kappa shape index (κ1) is 24.6. The molecule has 0 spiro atoms. The van der Waals surface area contributed by atoms with E-state index in [0.29, 0.717) is 34.3 Å². The highest BCUT2D eigenvalue weighted by atomic mass is 16.5. The summed E-state index contributed by atoms with van der Waals surface area (Å²) in [5, 5.41) is 5.59. The third kappa shape index (κ3) is 5.75. The smallest absolute Gasteiger partial charge is 0.262 e. The summed E-state index contributed by atoms with van der Waals surface area (Å²) in [6.07, 6.45) is 0.0978. The SMILES string of the molecule is COc1ccccc1OCC(=O)Nc1cccc(NC(=O)C2CC(=O)N(c3ccccc3OC)C2)c1. The molecular formula is C27H27N3O6. The monoisotopic (exact) mass is 489 g/mol. The number of benzene rings is 3. The topological polar surface area (TPSA) is 106 Å². The Hall–Kier alpha value is -4.53. The lowest BCUT2D eigenvalue weighted by atomic mass is 10.1. The minimum Gasteiger partial charge on any atom is -0.495 e. The Morgan fingerprint density at radius 2 is 1.50 bits per heavy atom. The molecule has 1 aliphatic heterocycles. The van der Waals surface area contributed by atoms with Crippen LogP contribution in [0.5, 0.6) is 17.2 Å². The maximum absolute atomic E-state index is 12.9. The Balaban J connectivity index is 1.34. The maximum Gasteiger partial charge on any atom is 0.262 e. The average Bonchev–Trinajstić information content (AvgIpc) is 3.29. The van der Waals surface area contributed by atoms with E-state index in [1.54, 1.807) is 66.6 Å². The molecule has 9 heteroatoms. The van der Waals surface area contributed by atoms with Crippen LogP contribution in [0.1, 0.15) is 6.42 Å². The highest BCUT2D eigenvalue weighted by molar-refractivity contribution is 6.04. The molecule has 186 valence electrons. The summed E-state index contributed by atoms with van der Waals surface area (Å²) in [4.78, 5) is 39.5. The van der Waals surface area contributed by atoms with Gasteiger partial charge in [-0.2, -0.15) is 0 Å². The largest absolute Gasteiger partial charge is 0.495 e. The van der Waals surface area contributed by atoms with Gasteiger partial charge in [0.25, 0.3) is 5.91 Å². The summed E-state index contributed by atoms with van der Waals surface area (Å²) in [6, 6.07) is 21.0. The third-order valence-corrected chi connectivity index (χ3v) is 5.71. The number of para-hydroxylation sites is 4. The van der Waals surface area contributed by atoms with Crippen molar-refractivity contribution in [3.63, 3.8) is 0 Å². The molecular weight excluding hydrogens is 462 g/mol. The van der Waals surface area contributed by atoms with Gasteiger partial charge in [0.2, 0.25) is 11.8 Å². The molecule has 9 nitrogen and oxygen atoms in total. The molecule has 2 N–H and O–H groups in total. The molecule has 0 radical (unpaired) electrons. The first-order valence-electron chi connectivity index (χ1n) is 11.4. The number of anilines is 3. The molecule has 4 rings (SSSR count). The fraction of sp³-hybridized carbons (Fsp3) is 0.222. The zero-order valence-corrected chi connectivity index (χ0v) is 20.0. The van der Waals surface area contributed by atoms with Crippen molar-refractivity contribution in [3.8, 4) is 17.2 Å². The summed E-state index contributed by atoms with van der Waals surface area (Å²) in [5.41, 5.74) is 1.64. The summed E-state index contributed by atoms with van der Waals surface area (Å²) in [6.45, 7) is 0.0433. The first-order chi connectivity index (χ1) is 17.5. The minimum absolute atomic E-state index is 0.0978. The van der Waals surface area contributed by atoms with Crippen molar-refractivity contribution in [2.24, 2.45) is 5.92 Å². The molecule has 0 aromatic heterocycles. The molecule has 1 atom stereocenters. The van der Waals surface area contributed by atoms with Gasteiger partial charge in [0.05, 0.1) is 25.8 Å². The van der Waals surface area contributed by atoms with E-state index in [1.165, 1.54) is 7.11 Å². The van der Waals surface area contributed by atoms with Crippen LogP contribution in [-0.4, -0.2) is 45.1 Å². The molecule has 3 aromatic carbocycles. The molecule has 3 amide bonds. The maximum atomic E-state index is 12.9. The lowest BCUT2D eigenvalue weighted by molar-refractivity contribution is -0.122. The molecule has 0 aliphatic carbocycles. The normalized spacial score (nSPS) is 14.8. The third-order valence-electron chi connectivity index (χ3n) is 5.71. The number of carbonyl (C=O) groups is 3. The summed E-state index contributed by atoms with van der Waals surface area (Å²) >= 11 is 0. The van der Waals surface area contributed by atoms with E-state index in [9.17, 15) is 14.4 Å². The van der Waals surface area contributed by atoms with Gasteiger partial charge in [-0.05, 0) is 42.5 Å². The molecule has 1 unspecified atom stereocenters. The van der Waals surface area contributed by atoms with E-state index < -0.39 is 5.92 Å². The number of hydrogen-bond donors (Lipinski definition) is 2. The number of hydrogen-bond acceptors (Lipinski definition) is 6. The Bertz CT molecular complexity index is 1260. The van der Waals surface area contributed by atoms with Gasteiger partial charge in [-0.25, -0.2) is 0 Å². The Morgan fingerprint density at radius 3 is 2.22 bits per heavy atom. The predicted octanol–water partition coefficient (Wildman–Crippen LogP) is 3.71. The quantitative estimate of drug-likeness (QED) is 0.475. The van der Waals surface area contributed by atoms with Crippen molar-refractivity contribution < 1.29 is 28.6 Å². The first-order valence-corrected chi connectivity index (χ1v) is 11.4. The van der Waals surface area contributed by atoms with E-state index in [2.05, 4.69) is 10.6 Å². The Morgan fingerprint density at radius 1 is 0.861 bits per heavy atom. The highest BCUT2D eigenvalue weighted by Gasteiger charge is 2.36. The van der Waals surface area contributed by atoms with Gasteiger partial charge in [-0.1, -0.05) is 30.3 Å². The van der Waals surface area contributed by atoms with Crippen LogP contribution in [0, 0.1) is 5.92 Å². The van der Waals surface area contributed by atoms with Gasteiger partial charge in [0, 0.05) is 24.3 Å². The van der Waals surface area contributed by atoms with Crippen LogP contribution in [0.2, 0.25) is 0 Å². The second-order valence-electron chi connectivity index (χ2n) is 8.14. The molecule has 3 aromatic rings. The van der Waals surface area contributed by atoms with Crippen LogP contribution in [0.4, 0.5) is 17.1 Å². The summed E-state index contributed by atoms with van der Waals surface area (Å²) in [7, 11) is 3.07. The number of nitrogens with one attached hydrogen (secondary N) is 2. The molecule has 0 bridgehead atoms. The second-order valence-corrected chi connectivity index (χ2v) is 8.14. The van der Waals surface area contributed by atoms with Gasteiger partial charge >= 0.3 is 0 Å². The number of methoxy groups -OCH3 is 2. The van der Waals surface area contributed by atoms with Gasteiger partial charge in [-0.15, -0.1) is 0 Å². The van der Waals surface area contributed by atoms with Crippen LogP contribution < -0.4 is 29.7 Å². The number of nitrogens with zero attached hydrogens (tertiary/aromatic N) is 1. The van der Waals surface area contributed by atoms with Crippen molar-refractivity contribution in [2.45, 2.75) is 6.42 Å². The molecule has 1 heterocycles. The Kier molecular flexibility index (Phi) is 7.69. The molecule has 1 aliphatic rings. The predicted molar refractivity (Wildman–Crippen MR) is 136 cm³/mol. The van der Waals surface area contributed by atoms with Crippen LogP contribution >= 0.6 is 0 Å². The van der Waals surface area contributed by atoms with Crippen LogP contribution in [0.3, 0.4) is 0 Å². The number of amides is 3. The molecule has 0 saturated carbocycles. The van der Waals surface area contributed by atoms with Crippen molar-refractivity contribution in [2.75, 3.05) is 42.9 Å². The van der Waals surface area contributed by atoms with Crippen molar-refractivity contribution in [3.05, 3.63) is 72.8 Å². The molecule has 1 fully saturated rings. The zero-order valence-electron chi connectivity index (χ0n) is 20.0. The second kappa shape index (κ2) is 11.3. The zero-order chi connectivity index (χ0) is 25.5. The van der Waals surface area contributed by atoms with Crippen molar-refractivity contribution in [1.29, 1.82) is 0 Å². The van der Waals surface area contributed by atoms with Gasteiger partial charge in [-0.3, -0.25) is 14.4 Å². The molecule has 36 heavy (non-hydrogen) atoms. The van der Waals surface area contributed by atoms with E-state index in [4.69, 9.17) is 14.2 Å². The van der Waals surface area contributed by atoms with Crippen LogP contribution in [-0.2, 0) is 14.4 Å².